The number of sulfonamides is 1. The fraction of sp³-hybridized carbons (Fsp3) is 0.143. The van der Waals surface area contributed by atoms with E-state index >= 15 is 0 Å². The minimum absolute atomic E-state index is 0.0232. The first-order valence-corrected chi connectivity index (χ1v) is 8.19. The summed E-state index contributed by atoms with van der Waals surface area (Å²) >= 11 is 3.39. The third-order valence-corrected chi connectivity index (χ3v) is 4.26. The van der Waals surface area contributed by atoms with Gasteiger partial charge in [0.1, 0.15) is 16.4 Å². The summed E-state index contributed by atoms with van der Waals surface area (Å²) in [5.74, 6) is 0.743. The fourth-order valence-electron chi connectivity index (χ4n) is 1.73. The van der Waals surface area contributed by atoms with Crippen LogP contribution in [0.25, 0.3) is 0 Å². The number of rotatable bonds is 3. The molecule has 0 bridgehead atoms. The quantitative estimate of drug-likeness (QED) is 0.915. The summed E-state index contributed by atoms with van der Waals surface area (Å²) in [5, 5.41) is 5.22. The van der Waals surface area contributed by atoms with Crippen molar-refractivity contribution in [3.63, 3.8) is 0 Å². The number of nitrogens with two attached hydrogens (primary N) is 1. The largest absolute Gasteiger partial charge is 0.455 e. The molecule has 0 unspecified atom stereocenters. The Kier molecular flexibility index (Phi) is 4.17. The van der Waals surface area contributed by atoms with Gasteiger partial charge in [-0.15, -0.1) is 0 Å². The molecule has 0 fully saturated rings. The molecule has 0 heterocycles. The first kappa shape index (κ1) is 15.0. The zero-order valence-corrected chi connectivity index (χ0v) is 13.5. The third kappa shape index (κ3) is 3.39. The van der Waals surface area contributed by atoms with E-state index in [1.54, 1.807) is 25.1 Å². The summed E-state index contributed by atoms with van der Waals surface area (Å²) in [4.78, 5) is -0.0232. The van der Waals surface area contributed by atoms with Crippen LogP contribution in [0.2, 0.25) is 0 Å². The van der Waals surface area contributed by atoms with Gasteiger partial charge in [-0.1, -0.05) is 12.1 Å². The topological polar surface area (TPSA) is 69.4 Å². The van der Waals surface area contributed by atoms with E-state index in [9.17, 15) is 8.42 Å². The number of hydrogen-bond donors (Lipinski definition) is 1. The summed E-state index contributed by atoms with van der Waals surface area (Å²) in [7, 11) is -3.84. The van der Waals surface area contributed by atoms with Gasteiger partial charge >= 0.3 is 0 Å². The maximum absolute atomic E-state index is 11.6. The predicted octanol–water partition coefficient (Wildman–Crippen LogP) is 3.51. The first-order valence-electron chi connectivity index (χ1n) is 5.85. The second kappa shape index (κ2) is 5.55. The smallest absolute Gasteiger partial charge is 0.241 e. The van der Waals surface area contributed by atoms with E-state index in [0.717, 1.165) is 15.6 Å². The molecule has 4 nitrogen and oxygen atoms in total. The monoisotopic (exact) mass is 355 g/mol. The van der Waals surface area contributed by atoms with Gasteiger partial charge in [-0.3, -0.25) is 0 Å². The minimum Gasteiger partial charge on any atom is -0.455 e. The zero-order chi connectivity index (χ0) is 14.9. The van der Waals surface area contributed by atoms with E-state index in [4.69, 9.17) is 9.88 Å². The van der Waals surface area contributed by atoms with Crippen molar-refractivity contribution in [2.24, 2.45) is 5.14 Å². The fourth-order valence-corrected chi connectivity index (χ4v) is 3.04. The van der Waals surface area contributed by atoms with Gasteiger partial charge in [0.15, 0.2) is 0 Å². The molecule has 2 aromatic rings. The molecule has 0 saturated carbocycles. The Hall–Kier alpha value is -1.37. The number of primary sulfonamides is 1. The van der Waals surface area contributed by atoms with Crippen LogP contribution in [-0.2, 0) is 10.0 Å². The lowest BCUT2D eigenvalue weighted by atomic mass is 10.2. The molecule has 0 radical (unpaired) electrons. The molecule has 0 saturated heterocycles. The molecule has 0 aliphatic carbocycles. The van der Waals surface area contributed by atoms with E-state index < -0.39 is 10.0 Å². The molecular formula is C14H14BrNO3S. The molecule has 0 aliphatic rings. The van der Waals surface area contributed by atoms with Crippen molar-refractivity contribution < 1.29 is 13.2 Å². The van der Waals surface area contributed by atoms with Crippen molar-refractivity contribution in [2.45, 2.75) is 18.7 Å². The highest BCUT2D eigenvalue weighted by molar-refractivity contribution is 9.10. The van der Waals surface area contributed by atoms with E-state index in [1.807, 2.05) is 19.1 Å². The SMILES string of the molecule is Cc1ccc(Oc2ccc(C)cc2S(N)(=O)=O)c(Br)c1. The number of hydrogen-bond acceptors (Lipinski definition) is 3. The van der Waals surface area contributed by atoms with Crippen LogP contribution >= 0.6 is 15.9 Å². The van der Waals surface area contributed by atoms with Gasteiger partial charge < -0.3 is 4.74 Å². The van der Waals surface area contributed by atoms with Crippen molar-refractivity contribution in [3.8, 4) is 11.5 Å². The van der Waals surface area contributed by atoms with Crippen LogP contribution in [-0.4, -0.2) is 8.42 Å². The van der Waals surface area contributed by atoms with Gasteiger partial charge in [-0.2, -0.15) is 0 Å². The molecule has 2 rings (SSSR count). The van der Waals surface area contributed by atoms with Gasteiger partial charge in [-0.05, 0) is 65.2 Å². The van der Waals surface area contributed by atoms with Crippen LogP contribution in [0.5, 0.6) is 11.5 Å². The second-order valence-corrected chi connectivity index (χ2v) is 6.92. The molecule has 0 atom stereocenters. The maximum Gasteiger partial charge on any atom is 0.241 e. The standard InChI is InChI=1S/C14H14BrNO3S/c1-9-3-5-12(11(15)7-9)19-13-6-4-10(2)8-14(13)20(16,17)18/h3-8H,1-2H3,(H2,16,17,18). The third-order valence-electron chi connectivity index (χ3n) is 2.71. The molecule has 0 amide bonds. The van der Waals surface area contributed by atoms with E-state index in [1.165, 1.54) is 6.07 Å². The van der Waals surface area contributed by atoms with Crippen molar-refractivity contribution in [1.82, 2.24) is 0 Å². The molecule has 20 heavy (non-hydrogen) atoms. The molecule has 0 aliphatic heterocycles. The molecule has 0 aromatic heterocycles. The molecular weight excluding hydrogens is 342 g/mol. The molecule has 2 N–H and O–H groups in total. The zero-order valence-electron chi connectivity index (χ0n) is 11.1. The number of aryl methyl sites for hydroxylation is 2. The maximum atomic E-state index is 11.6. The number of ether oxygens (including phenoxy) is 1. The molecule has 106 valence electrons. The Morgan fingerprint density at radius 2 is 1.55 bits per heavy atom. The molecule has 6 heteroatoms. The van der Waals surface area contributed by atoms with Gasteiger partial charge in [0.05, 0.1) is 4.47 Å². The van der Waals surface area contributed by atoms with E-state index in [2.05, 4.69) is 15.9 Å². The van der Waals surface area contributed by atoms with Crippen molar-refractivity contribution >= 4 is 26.0 Å². The lowest BCUT2D eigenvalue weighted by Crippen LogP contribution is -2.13. The van der Waals surface area contributed by atoms with Crippen LogP contribution < -0.4 is 9.88 Å². The summed E-state index contributed by atoms with van der Waals surface area (Å²) in [6, 6.07) is 10.4. The predicted molar refractivity (Wildman–Crippen MR) is 81.5 cm³/mol. The summed E-state index contributed by atoms with van der Waals surface area (Å²) in [5.41, 5.74) is 1.86. The van der Waals surface area contributed by atoms with Gasteiger partial charge in [0.2, 0.25) is 10.0 Å². The van der Waals surface area contributed by atoms with Crippen LogP contribution in [0.15, 0.2) is 45.8 Å². The first-order chi connectivity index (χ1) is 9.27. The van der Waals surface area contributed by atoms with Gasteiger partial charge in [0, 0.05) is 0 Å². The number of benzene rings is 2. The summed E-state index contributed by atoms with van der Waals surface area (Å²) in [6.07, 6.45) is 0. The molecule has 0 spiro atoms. The van der Waals surface area contributed by atoms with Crippen LogP contribution in [0.1, 0.15) is 11.1 Å². The molecule has 2 aromatic carbocycles. The Labute approximate surface area is 126 Å². The van der Waals surface area contributed by atoms with Gasteiger partial charge in [-0.25, -0.2) is 13.6 Å². The van der Waals surface area contributed by atoms with Crippen LogP contribution in [0, 0.1) is 13.8 Å². The lowest BCUT2D eigenvalue weighted by Gasteiger charge is -2.12. The average Bonchev–Trinajstić information content (AvgIpc) is 2.33. The van der Waals surface area contributed by atoms with Crippen molar-refractivity contribution in [3.05, 3.63) is 52.0 Å². The minimum atomic E-state index is -3.84. The van der Waals surface area contributed by atoms with Crippen LogP contribution in [0.3, 0.4) is 0 Å². The highest BCUT2D eigenvalue weighted by atomic mass is 79.9. The Morgan fingerprint density at radius 3 is 2.10 bits per heavy atom. The van der Waals surface area contributed by atoms with E-state index in [-0.39, 0.29) is 10.6 Å². The Bertz CT molecular complexity index is 757. The van der Waals surface area contributed by atoms with Gasteiger partial charge in [0.25, 0.3) is 0 Å². The highest BCUT2D eigenvalue weighted by Crippen LogP contribution is 2.33. The van der Waals surface area contributed by atoms with E-state index in [0.29, 0.717) is 5.75 Å². The van der Waals surface area contributed by atoms with Crippen molar-refractivity contribution in [2.75, 3.05) is 0 Å². The summed E-state index contributed by atoms with van der Waals surface area (Å²) < 4.78 is 29.7. The Morgan fingerprint density at radius 1 is 1.00 bits per heavy atom. The van der Waals surface area contributed by atoms with Crippen LogP contribution in [0.4, 0.5) is 0 Å². The lowest BCUT2D eigenvalue weighted by molar-refractivity contribution is 0.464. The number of halogens is 1. The second-order valence-electron chi connectivity index (χ2n) is 4.53. The highest BCUT2D eigenvalue weighted by Gasteiger charge is 2.16. The van der Waals surface area contributed by atoms with Crippen molar-refractivity contribution in [1.29, 1.82) is 0 Å². The Balaban J connectivity index is 2.49. The average molecular weight is 356 g/mol. The summed E-state index contributed by atoms with van der Waals surface area (Å²) in [6.45, 7) is 3.75. The normalized spacial score (nSPS) is 11.4.